The van der Waals surface area contributed by atoms with Gasteiger partial charge < -0.3 is 14.7 Å². The minimum absolute atomic E-state index is 0.239. The zero-order valence-corrected chi connectivity index (χ0v) is 16.9. The summed E-state index contributed by atoms with van der Waals surface area (Å²) in [7, 11) is 0. The van der Waals surface area contributed by atoms with Crippen LogP contribution in [-0.2, 0) is 14.3 Å². The molecule has 1 rings (SSSR count). The van der Waals surface area contributed by atoms with E-state index in [4.69, 9.17) is 4.74 Å². The van der Waals surface area contributed by atoms with E-state index in [0.29, 0.717) is 5.56 Å². The lowest BCUT2D eigenvalue weighted by molar-refractivity contribution is -0.144. The molecule has 0 unspecified atom stereocenters. The number of carbonyl (C=O) groups excluding carboxylic acids is 1. The zero-order chi connectivity index (χ0) is 20.1. The molecule has 0 saturated carbocycles. The zero-order valence-electron chi connectivity index (χ0n) is 16.9. The van der Waals surface area contributed by atoms with E-state index in [0.717, 1.165) is 57.3 Å². The van der Waals surface area contributed by atoms with Gasteiger partial charge in [-0.3, -0.25) is 0 Å². The molecule has 0 fully saturated rings. The first-order chi connectivity index (χ1) is 13.0. The fraction of sp³-hybridized carbons (Fsp3) is 0.545. The number of ether oxygens (including phenoxy) is 1. The van der Waals surface area contributed by atoms with Crippen LogP contribution in [0.25, 0.3) is 6.08 Å². The van der Waals surface area contributed by atoms with Gasteiger partial charge in [0, 0.05) is 18.8 Å². The number of esters is 1. The number of anilines is 1. The third kappa shape index (κ3) is 8.29. The van der Waals surface area contributed by atoms with Crippen molar-refractivity contribution in [2.45, 2.75) is 59.3 Å². The van der Waals surface area contributed by atoms with Gasteiger partial charge in [-0.15, -0.1) is 0 Å². The molecule has 5 nitrogen and oxygen atoms in total. The summed E-state index contributed by atoms with van der Waals surface area (Å²) in [5.74, 6) is -2.05. The van der Waals surface area contributed by atoms with Gasteiger partial charge in [-0.25, -0.2) is 9.59 Å². The Bertz CT molecular complexity index is 599. The van der Waals surface area contributed by atoms with Crippen LogP contribution in [0.1, 0.15) is 64.9 Å². The number of carbonyl (C=O) groups is 2. The largest absolute Gasteiger partial charge is 0.477 e. The monoisotopic (exact) mass is 375 g/mol. The van der Waals surface area contributed by atoms with Crippen LogP contribution in [0.4, 0.5) is 5.69 Å². The molecule has 0 aliphatic rings. The number of carboxylic acid groups (broad SMARTS) is 1. The van der Waals surface area contributed by atoms with Crippen molar-refractivity contribution in [1.82, 2.24) is 0 Å². The maximum absolute atomic E-state index is 12.0. The average molecular weight is 376 g/mol. The van der Waals surface area contributed by atoms with Crippen molar-refractivity contribution in [2.75, 3.05) is 24.6 Å². The SMILES string of the molecule is CCCCOC(=O)C(=Cc1ccc(N(CCCC)CCCC)cc1)C(=O)O. The van der Waals surface area contributed by atoms with Gasteiger partial charge in [0.25, 0.3) is 0 Å². The molecule has 150 valence electrons. The van der Waals surface area contributed by atoms with E-state index in [1.807, 2.05) is 31.2 Å². The standard InChI is InChI=1S/C22H33NO4/c1-4-7-14-23(15-8-5-2)19-12-10-18(11-13-19)17-20(21(24)25)22(26)27-16-9-6-3/h10-13,17H,4-9,14-16H2,1-3H3,(H,24,25). The van der Waals surface area contributed by atoms with E-state index in [-0.39, 0.29) is 12.2 Å². The average Bonchev–Trinajstić information content (AvgIpc) is 2.66. The van der Waals surface area contributed by atoms with Gasteiger partial charge >= 0.3 is 11.9 Å². The number of hydrogen-bond donors (Lipinski definition) is 1. The van der Waals surface area contributed by atoms with Crippen molar-refractivity contribution >= 4 is 23.7 Å². The fourth-order valence-corrected chi connectivity index (χ4v) is 2.61. The van der Waals surface area contributed by atoms with Crippen molar-refractivity contribution in [3.8, 4) is 0 Å². The van der Waals surface area contributed by atoms with Crippen LogP contribution in [0.2, 0.25) is 0 Å². The number of unbranched alkanes of at least 4 members (excludes halogenated alkanes) is 3. The second kappa shape index (κ2) is 13.0. The first kappa shape index (κ1) is 22.7. The van der Waals surface area contributed by atoms with E-state index in [2.05, 4.69) is 18.7 Å². The van der Waals surface area contributed by atoms with Crippen LogP contribution in [0, 0.1) is 0 Å². The lowest BCUT2D eigenvalue weighted by Gasteiger charge is -2.24. The molecule has 1 N–H and O–H groups in total. The van der Waals surface area contributed by atoms with Gasteiger partial charge in [-0.1, -0.05) is 52.2 Å². The number of aliphatic carboxylic acids is 1. The second-order valence-corrected chi connectivity index (χ2v) is 6.64. The molecular weight excluding hydrogens is 342 g/mol. The molecule has 0 heterocycles. The number of nitrogens with zero attached hydrogens (tertiary/aromatic N) is 1. The molecule has 0 spiro atoms. The minimum atomic E-state index is -1.27. The molecule has 1 aromatic carbocycles. The van der Waals surface area contributed by atoms with Gasteiger partial charge in [0.15, 0.2) is 0 Å². The highest BCUT2D eigenvalue weighted by molar-refractivity contribution is 6.17. The van der Waals surface area contributed by atoms with E-state index in [1.54, 1.807) is 0 Å². The van der Waals surface area contributed by atoms with Crippen molar-refractivity contribution in [1.29, 1.82) is 0 Å². The Morgan fingerprint density at radius 3 is 2.00 bits per heavy atom. The first-order valence-electron chi connectivity index (χ1n) is 10.0. The second-order valence-electron chi connectivity index (χ2n) is 6.64. The smallest absolute Gasteiger partial charge is 0.345 e. The van der Waals surface area contributed by atoms with Gasteiger partial charge in [0.2, 0.25) is 0 Å². The Balaban J connectivity index is 2.90. The Hall–Kier alpha value is -2.30. The van der Waals surface area contributed by atoms with E-state index >= 15 is 0 Å². The molecule has 5 heteroatoms. The van der Waals surface area contributed by atoms with E-state index < -0.39 is 11.9 Å². The number of benzene rings is 1. The van der Waals surface area contributed by atoms with Crippen LogP contribution in [0.5, 0.6) is 0 Å². The van der Waals surface area contributed by atoms with E-state index in [9.17, 15) is 14.7 Å². The van der Waals surface area contributed by atoms with Crippen LogP contribution >= 0.6 is 0 Å². The summed E-state index contributed by atoms with van der Waals surface area (Å²) in [5, 5.41) is 9.32. The summed E-state index contributed by atoms with van der Waals surface area (Å²) in [6, 6.07) is 7.67. The maximum Gasteiger partial charge on any atom is 0.345 e. The molecule has 0 aromatic heterocycles. The Labute approximate surface area is 163 Å². The highest BCUT2D eigenvalue weighted by Gasteiger charge is 2.19. The Morgan fingerprint density at radius 2 is 1.52 bits per heavy atom. The summed E-state index contributed by atoms with van der Waals surface area (Å²) >= 11 is 0. The number of carboxylic acids is 1. The maximum atomic E-state index is 12.0. The van der Waals surface area contributed by atoms with Crippen LogP contribution in [0.3, 0.4) is 0 Å². The normalized spacial score (nSPS) is 11.3. The molecule has 0 bridgehead atoms. The Morgan fingerprint density at radius 1 is 0.963 bits per heavy atom. The van der Waals surface area contributed by atoms with Crippen LogP contribution in [0.15, 0.2) is 29.8 Å². The van der Waals surface area contributed by atoms with Gasteiger partial charge in [0.1, 0.15) is 5.57 Å². The Kier molecular flexibility index (Phi) is 10.9. The molecule has 0 saturated heterocycles. The first-order valence-corrected chi connectivity index (χ1v) is 10.0. The lowest BCUT2D eigenvalue weighted by Crippen LogP contribution is -2.25. The number of hydrogen-bond acceptors (Lipinski definition) is 4. The summed E-state index contributed by atoms with van der Waals surface area (Å²) in [4.78, 5) is 25.8. The molecule has 1 aromatic rings. The van der Waals surface area contributed by atoms with Gasteiger partial charge in [0.05, 0.1) is 6.61 Å². The molecule has 0 aliphatic carbocycles. The van der Waals surface area contributed by atoms with Crippen molar-refractivity contribution < 1.29 is 19.4 Å². The summed E-state index contributed by atoms with van der Waals surface area (Å²) in [5.41, 5.74) is 1.46. The number of rotatable bonds is 13. The van der Waals surface area contributed by atoms with Crippen molar-refractivity contribution in [2.24, 2.45) is 0 Å². The van der Waals surface area contributed by atoms with Gasteiger partial charge in [-0.2, -0.15) is 0 Å². The quantitative estimate of drug-likeness (QED) is 0.175. The third-order valence-electron chi connectivity index (χ3n) is 4.31. The summed E-state index contributed by atoms with van der Waals surface area (Å²) < 4.78 is 5.03. The molecule has 0 amide bonds. The van der Waals surface area contributed by atoms with Crippen molar-refractivity contribution in [3.63, 3.8) is 0 Å². The summed E-state index contributed by atoms with van der Waals surface area (Å²) in [6.07, 6.45) is 7.54. The van der Waals surface area contributed by atoms with Gasteiger partial charge in [-0.05, 0) is 43.0 Å². The molecule has 0 atom stereocenters. The molecule has 27 heavy (non-hydrogen) atoms. The molecule has 0 aliphatic heterocycles. The molecule has 0 radical (unpaired) electrons. The highest BCUT2D eigenvalue weighted by atomic mass is 16.5. The van der Waals surface area contributed by atoms with Crippen LogP contribution < -0.4 is 4.90 Å². The predicted octanol–water partition coefficient (Wildman–Crippen LogP) is 4.90. The third-order valence-corrected chi connectivity index (χ3v) is 4.31. The van der Waals surface area contributed by atoms with Crippen LogP contribution in [-0.4, -0.2) is 36.7 Å². The fourth-order valence-electron chi connectivity index (χ4n) is 2.61. The summed E-state index contributed by atoms with van der Waals surface area (Å²) in [6.45, 7) is 8.60. The van der Waals surface area contributed by atoms with E-state index in [1.165, 1.54) is 6.08 Å². The topological polar surface area (TPSA) is 66.8 Å². The minimum Gasteiger partial charge on any atom is -0.477 e. The lowest BCUT2D eigenvalue weighted by atomic mass is 10.1. The van der Waals surface area contributed by atoms with Crippen molar-refractivity contribution in [3.05, 3.63) is 35.4 Å². The predicted molar refractivity (Wildman–Crippen MR) is 110 cm³/mol. The highest BCUT2D eigenvalue weighted by Crippen LogP contribution is 2.19. The molecular formula is C22H33NO4.